The number of aromatic nitrogens is 7. The van der Waals surface area contributed by atoms with Crippen LogP contribution in [-0.2, 0) is 17.3 Å². The summed E-state index contributed by atoms with van der Waals surface area (Å²) in [6.45, 7) is 10.1. The Balaban J connectivity index is 1.53. The minimum absolute atomic E-state index is 0.184. The van der Waals surface area contributed by atoms with E-state index < -0.39 is 5.54 Å². The zero-order valence-corrected chi connectivity index (χ0v) is 21.6. The number of anilines is 1. The minimum atomic E-state index is -1.16. The number of piperazine rings is 1. The molecule has 5 rings (SSSR count). The second kappa shape index (κ2) is 8.43. The van der Waals surface area contributed by atoms with Crippen LogP contribution >= 0.6 is 0 Å². The van der Waals surface area contributed by atoms with Crippen LogP contribution < -0.4 is 4.90 Å². The number of fused-ring (bicyclic) bond motifs is 1. The molecule has 37 heavy (non-hydrogen) atoms. The van der Waals surface area contributed by atoms with Gasteiger partial charge in [-0.3, -0.25) is 14.5 Å². The highest BCUT2D eigenvalue weighted by atomic mass is 19.1. The van der Waals surface area contributed by atoms with Gasteiger partial charge in [0.05, 0.1) is 11.9 Å². The molecule has 1 saturated heterocycles. The summed E-state index contributed by atoms with van der Waals surface area (Å²) in [6, 6.07) is 8.02. The molecule has 1 fully saturated rings. The van der Waals surface area contributed by atoms with Crippen LogP contribution in [-0.4, -0.2) is 70.1 Å². The summed E-state index contributed by atoms with van der Waals surface area (Å²) in [5.74, 6) is -0.669. The molecule has 0 unspecified atom stereocenters. The van der Waals surface area contributed by atoms with Gasteiger partial charge in [-0.15, -0.1) is 0 Å². The van der Waals surface area contributed by atoms with Crippen LogP contribution in [0.15, 0.2) is 36.5 Å². The van der Waals surface area contributed by atoms with Gasteiger partial charge in [0.25, 0.3) is 17.8 Å². The molecule has 12 heteroatoms. The van der Waals surface area contributed by atoms with Crippen molar-refractivity contribution in [1.82, 2.24) is 39.7 Å². The first-order valence-corrected chi connectivity index (χ1v) is 11.9. The van der Waals surface area contributed by atoms with E-state index in [1.165, 1.54) is 26.6 Å². The van der Waals surface area contributed by atoms with E-state index in [9.17, 15) is 14.0 Å². The molecule has 4 aromatic rings. The van der Waals surface area contributed by atoms with Gasteiger partial charge in [-0.25, -0.2) is 18.6 Å². The van der Waals surface area contributed by atoms with E-state index in [0.717, 1.165) is 11.1 Å². The number of imidazole rings is 1. The zero-order valence-electron chi connectivity index (χ0n) is 21.6. The Labute approximate surface area is 212 Å². The van der Waals surface area contributed by atoms with Crippen LogP contribution in [0.4, 0.5) is 10.3 Å². The monoisotopic (exact) mass is 505 g/mol. The summed E-state index contributed by atoms with van der Waals surface area (Å²) >= 11 is 0. The van der Waals surface area contributed by atoms with Crippen LogP contribution in [0.1, 0.15) is 50.7 Å². The van der Waals surface area contributed by atoms with Gasteiger partial charge >= 0.3 is 0 Å². The second-order valence-electron chi connectivity index (χ2n) is 10.7. The molecular weight excluding hydrogens is 477 g/mol. The number of carbonyl (C=O) groups excluding carboxylic acids is 2. The predicted molar refractivity (Wildman–Crippen MR) is 133 cm³/mol. The third-order valence-electron chi connectivity index (χ3n) is 6.67. The number of carbonyl (C=O) groups is 2. The predicted octanol–water partition coefficient (Wildman–Crippen LogP) is 2.62. The van der Waals surface area contributed by atoms with Gasteiger partial charge in [0, 0.05) is 31.3 Å². The topological polar surface area (TPSA) is 114 Å². The van der Waals surface area contributed by atoms with Crippen molar-refractivity contribution < 1.29 is 14.0 Å². The molecule has 1 aliphatic heterocycles. The highest BCUT2D eigenvalue weighted by molar-refractivity contribution is 6.04. The first-order valence-electron chi connectivity index (χ1n) is 11.9. The Morgan fingerprint density at radius 2 is 1.81 bits per heavy atom. The Bertz CT molecular complexity index is 1520. The molecule has 192 valence electrons. The number of amides is 2. The van der Waals surface area contributed by atoms with Crippen molar-refractivity contribution in [3.63, 3.8) is 0 Å². The first kappa shape index (κ1) is 24.5. The maximum absolute atomic E-state index is 13.7. The summed E-state index contributed by atoms with van der Waals surface area (Å²) in [5, 5.41) is 16.0. The van der Waals surface area contributed by atoms with Crippen molar-refractivity contribution in [2.45, 2.75) is 45.6 Å². The molecule has 11 nitrogen and oxygen atoms in total. The Morgan fingerprint density at radius 1 is 1.11 bits per heavy atom. The molecule has 0 atom stereocenters. The number of benzene rings is 1. The summed E-state index contributed by atoms with van der Waals surface area (Å²) in [7, 11) is 1.66. The normalized spacial score (nSPS) is 16.0. The smallest absolute Gasteiger partial charge is 0.275 e. The van der Waals surface area contributed by atoms with Crippen LogP contribution in [0, 0.1) is 5.82 Å². The Morgan fingerprint density at radius 3 is 2.43 bits per heavy atom. The number of hydrogen-bond donors (Lipinski definition) is 0. The molecule has 0 spiro atoms. The molecule has 0 aliphatic carbocycles. The van der Waals surface area contributed by atoms with Crippen LogP contribution in [0.2, 0.25) is 0 Å². The fourth-order valence-corrected chi connectivity index (χ4v) is 4.56. The summed E-state index contributed by atoms with van der Waals surface area (Å²) < 4.78 is 16.5. The first-order chi connectivity index (χ1) is 17.4. The fourth-order valence-electron chi connectivity index (χ4n) is 4.56. The second-order valence-corrected chi connectivity index (χ2v) is 10.7. The number of aryl methyl sites for hydroxylation is 1. The quantitative estimate of drug-likeness (QED) is 0.420. The molecule has 4 heterocycles. The molecule has 2 amide bonds. The number of halogens is 1. The molecule has 1 aromatic carbocycles. The van der Waals surface area contributed by atoms with E-state index in [1.54, 1.807) is 43.7 Å². The van der Waals surface area contributed by atoms with Crippen LogP contribution in [0.25, 0.3) is 16.9 Å². The van der Waals surface area contributed by atoms with E-state index in [4.69, 9.17) is 0 Å². The van der Waals surface area contributed by atoms with Gasteiger partial charge in [-0.2, -0.15) is 5.10 Å². The van der Waals surface area contributed by atoms with E-state index in [2.05, 4.69) is 46.4 Å². The maximum atomic E-state index is 13.7. The third-order valence-corrected chi connectivity index (χ3v) is 6.67. The maximum Gasteiger partial charge on any atom is 0.275 e. The van der Waals surface area contributed by atoms with Crippen LogP contribution in [0.5, 0.6) is 0 Å². The van der Waals surface area contributed by atoms with E-state index in [1.807, 2.05) is 6.07 Å². The lowest BCUT2D eigenvalue weighted by Crippen LogP contribution is -2.65. The molecule has 1 aliphatic rings. The van der Waals surface area contributed by atoms with Gasteiger partial charge < -0.3 is 4.90 Å². The van der Waals surface area contributed by atoms with Crippen molar-refractivity contribution in [2.75, 3.05) is 18.0 Å². The molecule has 0 N–H and O–H groups in total. The lowest BCUT2D eigenvalue weighted by atomic mass is 9.87. The average Bonchev–Trinajstić information content (AvgIpc) is 3.45. The lowest BCUT2D eigenvalue weighted by Gasteiger charge is -2.44. The highest BCUT2D eigenvalue weighted by Gasteiger charge is 2.46. The van der Waals surface area contributed by atoms with Gasteiger partial charge in [0.15, 0.2) is 5.65 Å². The average molecular weight is 506 g/mol. The Kier molecular flexibility index (Phi) is 5.57. The molecule has 0 bridgehead atoms. The van der Waals surface area contributed by atoms with Crippen molar-refractivity contribution in [3.05, 3.63) is 53.6 Å². The third kappa shape index (κ3) is 4.11. The van der Waals surface area contributed by atoms with Crippen LogP contribution in [0.3, 0.4) is 0 Å². The lowest BCUT2D eigenvalue weighted by molar-refractivity contribution is -0.130. The van der Waals surface area contributed by atoms with E-state index in [0.29, 0.717) is 17.3 Å². The standard InChI is InChI=1S/C25H28FN9O2/c1-24(2,3)17-13-18(15-7-9-16(26)10-8-15)29-35-14-19(27-20(17)35)21(36)34-12-11-33(22(37)25(34,4)5)23-28-30-31-32(23)6/h7-10,13-14H,11-12H2,1-6H3. The molecule has 0 saturated carbocycles. The van der Waals surface area contributed by atoms with Crippen molar-refractivity contribution in [2.24, 2.45) is 7.05 Å². The van der Waals surface area contributed by atoms with Crippen molar-refractivity contribution >= 4 is 23.4 Å². The summed E-state index contributed by atoms with van der Waals surface area (Å²) in [4.78, 5) is 34.8. The van der Waals surface area contributed by atoms with Gasteiger partial charge in [0.1, 0.15) is 17.1 Å². The van der Waals surface area contributed by atoms with E-state index >= 15 is 0 Å². The molecular formula is C25H28FN9O2. The zero-order chi connectivity index (χ0) is 26.7. The summed E-state index contributed by atoms with van der Waals surface area (Å²) in [5.41, 5.74) is 1.54. The Hall–Kier alpha value is -4.22. The molecule has 3 aromatic heterocycles. The number of nitrogens with zero attached hydrogens (tertiary/aromatic N) is 9. The summed E-state index contributed by atoms with van der Waals surface area (Å²) in [6.07, 6.45) is 1.58. The van der Waals surface area contributed by atoms with Crippen molar-refractivity contribution in [1.29, 1.82) is 0 Å². The number of rotatable bonds is 3. The number of hydrogen-bond acceptors (Lipinski definition) is 7. The van der Waals surface area contributed by atoms with Gasteiger partial charge in [-0.1, -0.05) is 25.9 Å². The fraction of sp³-hybridized carbons (Fsp3) is 0.400. The minimum Gasteiger partial charge on any atom is -0.321 e. The van der Waals surface area contributed by atoms with Gasteiger partial charge in [0.2, 0.25) is 0 Å². The van der Waals surface area contributed by atoms with Gasteiger partial charge in [-0.05, 0) is 60.0 Å². The number of tetrazole rings is 1. The van der Waals surface area contributed by atoms with Crippen molar-refractivity contribution in [3.8, 4) is 11.3 Å². The van der Waals surface area contributed by atoms with E-state index in [-0.39, 0.29) is 41.8 Å². The largest absolute Gasteiger partial charge is 0.321 e. The SMILES string of the molecule is Cn1nnnc1N1CCN(C(=O)c2cn3nc(-c4ccc(F)cc4)cc(C(C)(C)C)c3n2)C(C)(C)C1=O. The highest BCUT2D eigenvalue weighted by Crippen LogP contribution is 2.31. The molecule has 0 radical (unpaired) electrons.